The SMILES string of the molecule is CCCn1c(CC(=O)C2CCCN2)nc2ccccc21. The minimum atomic E-state index is 0.0323. The number of carbonyl (C=O) groups excluding carboxylic acids is 1. The van der Waals surface area contributed by atoms with Crippen molar-refractivity contribution in [2.75, 3.05) is 6.54 Å². The van der Waals surface area contributed by atoms with Gasteiger partial charge in [-0.05, 0) is 37.9 Å². The van der Waals surface area contributed by atoms with Crippen LogP contribution in [-0.4, -0.2) is 27.9 Å². The summed E-state index contributed by atoms with van der Waals surface area (Å²) in [6.07, 6.45) is 3.55. The second-order valence-corrected chi connectivity index (χ2v) is 5.46. The van der Waals surface area contributed by atoms with E-state index >= 15 is 0 Å². The van der Waals surface area contributed by atoms with Gasteiger partial charge in [-0.1, -0.05) is 19.1 Å². The van der Waals surface area contributed by atoms with E-state index in [0.717, 1.165) is 49.2 Å². The molecule has 0 aliphatic carbocycles. The predicted octanol–water partition coefficient (Wildman–Crippen LogP) is 2.31. The van der Waals surface area contributed by atoms with Crippen LogP contribution in [0.25, 0.3) is 11.0 Å². The van der Waals surface area contributed by atoms with Crippen LogP contribution in [-0.2, 0) is 17.8 Å². The predicted molar refractivity (Wildman–Crippen MR) is 79.8 cm³/mol. The fourth-order valence-corrected chi connectivity index (χ4v) is 2.97. The summed E-state index contributed by atoms with van der Waals surface area (Å²) >= 11 is 0. The van der Waals surface area contributed by atoms with E-state index in [4.69, 9.17) is 0 Å². The van der Waals surface area contributed by atoms with E-state index in [0.29, 0.717) is 6.42 Å². The van der Waals surface area contributed by atoms with Gasteiger partial charge in [-0.2, -0.15) is 0 Å². The zero-order valence-corrected chi connectivity index (χ0v) is 11.9. The van der Waals surface area contributed by atoms with Crippen LogP contribution in [0.4, 0.5) is 0 Å². The molecule has 0 spiro atoms. The monoisotopic (exact) mass is 271 g/mol. The molecule has 1 saturated heterocycles. The Morgan fingerprint density at radius 3 is 3.05 bits per heavy atom. The molecule has 4 nitrogen and oxygen atoms in total. The second-order valence-electron chi connectivity index (χ2n) is 5.46. The number of benzene rings is 1. The van der Waals surface area contributed by atoms with Crippen molar-refractivity contribution in [2.45, 2.75) is 45.2 Å². The molecule has 1 fully saturated rings. The number of imidazole rings is 1. The number of rotatable bonds is 5. The molecule has 1 aromatic carbocycles. The molecular weight excluding hydrogens is 250 g/mol. The zero-order chi connectivity index (χ0) is 13.9. The summed E-state index contributed by atoms with van der Waals surface area (Å²) in [5.74, 6) is 1.18. The number of fused-ring (bicyclic) bond motifs is 1. The van der Waals surface area contributed by atoms with Gasteiger partial charge in [0.1, 0.15) is 5.82 Å². The smallest absolute Gasteiger partial charge is 0.157 e. The number of ketones is 1. The minimum absolute atomic E-state index is 0.0323. The molecule has 1 aliphatic heterocycles. The Morgan fingerprint density at radius 1 is 1.45 bits per heavy atom. The van der Waals surface area contributed by atoms with Gasteiger partial charge in [0, 0.05) is 6.54 Å². The lowest BCUT2D eigenvalue weighted by molar-refractivity contribution is -0.120. The Kier molecular flexibility index (Phi) is 3.83. The van der Waals surface area contributed by atoms with E-state index in [1.165, 1.54) is 0 Å². The summed E-state index contributed by atoms with van der Waals surface area (Å²) in [6.45, 7) is 4.03. The lowest BCUT2D eigenvalue weighted by Gasteiger charge is -2.10. The Labute approximate surface area is 119 Å². The summed E-state index contributed by atoms with van der Waals surface area (Å²) in [4.78, 5) is 17.0. The van der Waals surface area contributed by atoms with E-state index in [1.54, 1.807) is 0 Å². The number of nitrogens with one attached hydrogen (secondary N) is 1. The number of aromatic nitrogens is 2. The molecule has 2 aromatic rings. The van der Waals surface area contributed by atoms with Gasteiger partial charge in [0.15, 0.2) is 5.78 Å². The third-order valence-electron chi connectivity index (χ3n) is 3.96. The molecule has 0 radical (unpaired) electrons. The topological polar surface area (TPSA) is 46.9 Å². The van der Waals surface area contributed by atoms with Gasteiger partial charge in [0.2, 0.25) is 0 Å². The fraction of sp³-hybridized carbons (Fsp3) is 0.500. The molecule has 20 heavy (non-hydrogen) atoms. The first-order valence-electron chi connectivity index (χ1n) is 7.50. The molecule has 0 bridgehead atoms. The van der Waals surface area contributed by atoms with Crippen LogP contribution in [0.2, 0.25) is 0 Å². The third kappa shape index (κ3) is 2.48. The molecule has 2 heterocycles. The molecule has 1 unspecified atom stereocenters. The van der Waals surface area contributed by atoms with E-state index in [2.05, 4.69) is 27.9 Å². The van der Waals surface area contributed by atoms with Gasteiger partial charge in [0.05, 0.1) is 23.5 Å². The van der Waals surface area contributed by atoms with E-state index in [1.807, 2.05) is 18.2 Å². The van der Waals surface area contributed by atoms with Crippen LogP contribution in [0.1, 0.15) is 32.0 Å². The van der Waals surface area contributed by atoms with Crippen molar-refractivity contribution in [1.29, 1.82) is 0 Å². The van der Waals surface area contributed by atoms with Crippen molar-refractivity contribution in [3.05, 3.63) is 30.1 Å². The zero-order valence-electron chi connectivity index (χ0n) is 11.9. The van der Waals surface area contributed by atoms with Gasteiger partial charge in [-0.15, -0.1) is 0 Å². The Balaban J connectivity index is 1.89. The quantitative estimate of drug-likeness (QED) is 0.907. The first-order chi connectivity index (χ1) is 9.79. The summed E-state index contributed by atoms with van der Waals surface area (Å²) in [7, 11) is 0. The molecule has 3 rings (SSSR count). The van der Waals surface area contributed by atoms with Crippen molar-refractivity contribution in [3.8, 4) is 0 Å². The molecule has 1 N–H and O–H groups in total. The highest BCUT2D eigenvalue weighted by Gasteiger charge is 2.24. The largest absolute Gasteiger partial charge is 0.328 e. The third-order valence-corrected chi connectivity index (χ3v) is 3.96. The molecule has 1 atom stereocenters. The number of carbonyl (C=O) groups is 1. The van der Waals surface area contributed by atoms with Crippen molar-refractivity contribution in [1.82, 2.24) is 14.9 Å². The molecule has 4 heteroatoms. The van der Waals surface area contributed by atoms with Crippen LogP contribution >= 0.6 is 0 Å². The summed E-state index contributed by atoms with van der Waals surface area (Å²) in [6, 6.07) is 8.16. The number of aryl methyl sites for hydroxylation is 1. The van der Waals surface area contributed by atoms with Gasteiger partial charge < -0.3 is 9.88 Å². The first-order valence-corrected chi connectivity index (χ1v) is 7.50. The van der Waals surface area contributed by atoms with Crippen LogP contribution in [0.3, 0.4) is 0 Å². The van der Waals surface area contributed by atoms with Crippen molar-refractivity contribution in [2.24, 2.45) is 0 Å². The normalized spacial score (nSPS) is 18.8. The average Bonchev–Trinajstić information content (AvgIpc) is 3.08. The van der Waals surface area contributed by atoms with Crippen LogP contribution in [0.5, 0.6) is 0 Å². The summed E-state index contributed by atoms with van der Waals surface area (Å²) in [5.41, 5.74) is 2.12. The molecular formula is C16H21N3O. The molecule has 0 amide bonds. The Hall–Kier alpha value is -1.68. The fourth-order valence-electron chi connectivity index (χ4n) is 2.97. The van der Waals surface area contributed by atoms with Gasteiger partial charge >= 0.3 is 0 Å². The highest BCUT2D eigenvalue weighted by atomic mass is 16.1. The van der Waals surface area contributed by atoms with Crippen molar-refractivity contribution < 1.29 is 4.79 Å². The number of para-hydroxylation sites is 2. The van der Waals surface area contributed by atoms with Crippen LogP contribution in [0.15, 0.2) is 24.3 Å². The van der Waals surface area contributed by atoms with Crippen LogP contribution in [0, 0.1) is 0 Å². The highest BCUT2D eigenvalue weighted by molar-refractivity contribution is 5.87. The maximum absolute atomic E-state index is 12.3. The molecule has 106 valence electrons. The Bertz CT molecular complexity index is 611. The summed E-state index contributed by atoms with van der Waals surface area (Å²) in [5, 5.41) is 3.28. The first kappa shape index (κ1) is 13.3. The lowest BCUT2D eigenvalue weighted by Crippen LogP contribution is -2.32. The summed E-state index contributed by atoms with van der Waals surface area (Å²) < 4.78 is 2.20. The molecule has 1 aliphatic rings. The molecule has 0 saturated carbocycles. The van der Waals surface area contributed by atoms with E-state index < -0.39 is 0 Å². The maximum Gasteiger partial charge on any atom is 0.157 e. The van der Waals surface area contributed by atoms with Crippen LogP contribution < -0.4 is 5.32 Å². The number of nitrogens with zero attached hydrogens (tertiary/aromatic N) is 2. The standard InChI is InChI=1S/C16H21N3O/c1-2-10-19-14-8-4-3-6-12(14)18-16(19)11-15(20)13-7-5-9-17-13/h3-4,6,8,13,17H,2,5,7,9-11H2,1H3. The minimum Gasteiger partial charge on any atom is -0.328 e. The van der Waals surface area contributed by atoms with Gasteiger partial charge in [-0.3, -0.25) is 4.79 Å². The van der Waals surface area contributed by atoms with Gasteiger partial charge in [0.25, 0.3) is 0 Å². The number of Topliss-reactive ketones (excluding diaryl/α,β-unsaturated/α-hetero) is 1. The van der Waals surface area contributed by atoms with E-state index in [-0.39, 0.29) is 11.8 Å². The van der Waals surface area contributed by atoms with Crippen molar-refractivity contribution >= 4 is 16.8 Å². The number of hydrogen-bond donors (Lipinski definition) is 1. The Morgan fingerprint density at radius 2 is 2.30 bits per heavy atom. The molecule has 1 aromatic heterocycles. The lowest BCUT2D eigenvalue weighted by atomic mass is 10.1. The van der Waals surface area contributed by atoms with Gasteiger partial charge in [-0.25, -0.2) is 4.98 Å². The number of hydrogen-bond acceptors (Lipinski definition) is 3. The second kappa shape index (κ2) is 5.75. The highest BCUT2D eigenvalue weighted by Crippen LogP contribution is 2.18. The maximum atomic E-state index is 12.3. The average molecular weight is 271 g/mol. The van der Waals surface area contributed by atoms with Crippen molar-refractivity contribution in [3.63, 3.8) is 0 Å². The van der Waals surface area contributed by atoms with E-state index in [9.17, 15) is 4.79 Å².